The molecule has 7 nitrogen and oxygen atoms in total. The van der Waals surface area contributed by atoms with Crippen molar-refractivity contribution in [2.75, 3.05) is 34.8 Å². The van der Waals surface area contributed by atoms with E-state index < -0.39 is 15.4 Å². The molecule has 2 N–H and O–H groups in total. The Morgan fingerprint density at radius 2 is 2.00 bits per heavy atom. The molecule has 2 saturated heterocycles. The summed E-state index contributed by atoms with van der Waals surface area (Å²) in [5.41, 5.74) is 0.935. The number of anilines is 2. The second-order valence-corrected chi connectivity index (χ2v) is 9.18. The third kappa shape index (κ3) is 4.38. The number of sulfone groups is 1. The Balaban J connectivity index is 1.52. The summed E-state index contributed by atoms with van der Waals surface area (Å²) in [6.45, 7) is 2.61. The molecule has 0 aromatic heterocycles. The molecule has 0 bridgehead atoms. The lowest BCUT2D eigenvalue weighted by Gasteiger charge is -2.23. The lowest BCUT2D eigenvalue weighted by Crippen LogP contribution is -2.46. The minimum absolute atomic E-state index is 0.0540. The van der Waals surface area contributed by atoms with Crippen LogP contribution in [0.15, 0.2) is 24.3 Å². The van der Waals surface area contributed by atoms with Crippen molar-refractivity contribution in [1.82, 2.24) is 5.32 Å². The maximum Gasteiger partial charge on any atom is 0.238 e. The van der Waals surface area contributed by atoms with Crippen molar-refractivity contribution in [3.63, 3.8) is 0 Å². The van der Waals surface area contributed by atoms with Crippen LogP contribution in [0, 0.1) is 0 Å². The number of rotatable bonds is 5. The highest BCUT2D eigenvalue weighted by atomic mass is 32.2. The number of nitrogens with zero attached hydrogens (tertiary/aromatic N) is 1. The second kappa shape index (κ2) is 6.76. The molecule has 1 atom stereocenters. The van der Waals surface area contributed by atoms with E-state index in [9.17, 15) is 18.0 Å². The Hall–Kier alpha value is -1.93. The fourth-order valence-electron chi connectivity index (χ4n) is 3.29. The lowest BCUT2D eigenvalue weighted by molar-refractivity contribution is -0.117. The van der Waals surface area contributed by atoms with Crippen molar-refractivity contribution in [3.8, 4) is 0 Å². The number of benzene rings is 1. The standard InChI is InChI=1S/C17H23N3O4S/c1-17(8-10-25(23,24)12-17)18-11-15(21)19-13-4-6-14(7-5-13)20-9-2-3-16(20)22/h4-7,18H,2-3,8-12H2,1H3,(H,19,21). The van der Waals surface area contributed by atoms with Crippen molar-refractivity contribution in [2.45, 2.75) is 31.7 Å². The van der Waals surface area contributed by atoms with Gasteiger partial charge in [0.25, 0.3) is 0 Å². The molecule has 136 valence electrons. The highest BCUT2D eigenvalue weighted by molar-refractivity contribution is 7.91. The first kappa shape index (κ1) is 17.9. The number of hydrogen-bond acceptors (Lipinski definition) is 5. The Labute approximate surface area is 147 Å². The molecule has 0 spiro atoms. The maximum atomic E-state index is 12.1. The van der Waals surface area contributed by atoms with Gasteiger partial charge in [0.2, 0.25) is 11.8 Å². The summed E-state index contributed by atoms with van der Waals surface area (Å²) in [7, 11) is -3.00. The van der Waals surface area contributed by atoms with Gasteiger partial charge in [-0.25, -0.2) is 8.42 Å². The summed E-state index contributed by atoms with van der Waals surface area (Å²) in [6.07, 6.45) is 1.97. The van der Waals surface area contributed by atoms with Gasteiger partial charge in [-0.15, -0.1) is 0 Å². The van der Waals surface area contributed by atoms with E-state index >= 15 is 0 Å². The average Bonchev–Trinajstić information content (AvgIpc) is 3.09. The van der Waals surface area contributed by atoms with Gasteiger partial charge in [0.1, 0.15) is 0 Å². The van der Waals surface area contributed by atoms with Gasteiger partial charge >= 0.3 is 0 Å². The van der Waals surface area contributed by atoms with Crippen LogP contribution in [0.25, 0.3) is 0 Å². The molecule has 3 rings (SSSR count). The van der Waals surface area contributed by atoms with E-state index in [-0.39, 0.29) is 29.9 Å². The zero-order valence-electron chi connectivity index (χ0n) is 14.2. The Morgan fingerprint density at radius 1 is 1.28 bits per heavy atom. The van der Waals surface area contributed by atoms with Crippen LogP contribution in [0.3, 0.4) is 0 Å². The number of carbonyl (C=O) groups is 2. The zero-order chi connectivity index (χ0) is 18.1. The van der Waals surface area contributed by atoms with Gasteiger partial charge in [-0.2, -0.15) is 0 Å². The van der Waals surface area contributed by atoms with E-state index in [1.807, 2.05) is 19.1 Å². The molecule has 1 aromatic carbocycles. The van der Waals surface area contributed by atoms with E-state index in [4.69, 9.17) is 0 Å². The van der Waals surface area contributed by atoms with Crippen molar-refractivity contribution in [2.24, 2.45) is 0 Å². The topological polar surface area (TPSA) is 95.6 Å². The number of amides is 2. The number of hydrogen-bond donors (Lipinski definition) is 2. The first-order valence-corrected chi connectivity index (χ1v) is 10.2. The van der Waals surface area contributed by atoms with E-state index in [1.54, 1.807) is 17.0 Å². The van der Waals surface area contributed by atoms with Crippen molar-refractivity contribution in [3.05, 3.63) is 24.3 Å². The van der Waals surface area contributed by atoms with Gasteiger partial charge in [0.15, 0.2) is 9.84 Å². The molecule has 2 heterocycles. The summed E-state index contributed by atoms with van der Waals surface area (Å²) in [6, 6.07) is 7.16. The van der Waals surface area contributed by atoms with E-state index in [0.29, 0.717) is 18.5 Å². The molecule has 0 radical (unpaired) electrons. The first-order valence-electron chi connectivity index (χ1n) is 8.42. The molecule has 0 saturated carbocycles. The molecule has 2 aliphatic heterocycles. The fraction of sp³-hybridized carbons (Fsp3) is 0.529. The van der Waals surface area contributed by atoms with E-state index in [1.165, 1.54) is 0 Å². The van der Waals surface area contributed by atoms with Gasteiger partial charge < -0.3 is 15.5 Å². The maximum absolute atomic E-state index is 12.1. The number of carbonyl (C=O) groups excluding carboxylic acids is 2. The average molecular weight is 365 g/mol. The molecular weight excluding hydrogens is 342 g/mol. The molecule has 1 aromatic rings. The Morgan fingerprint density at radius 3 is 2.56 bits per heavy atom. The molecule has 2 aliphatic rings. The molecule has 1 unspecified atom stereocenters. The Kier molecular flexibility index (Phi) is 4.83. The van der Waals surface area contributed by atoms with Gasteiger partial charge in [-0.05, 0) is 44.0 Å². The normalized spacial score (nSPS) is 25.3. The predicted octanol–water partition coefficient (Wildman–Crippen LogP) is 0.919. The van der Waals surface area contributed by atoms with Crippen LogP contribution in [-0.4, -0.2) is 50.4 Å². The summed E-state index contributed by atoms with van der Waals surface area (Å²) >= 11 is 0. The van der Waals surface area contributed by atoms with Gasteiger partial charge in [-0.1, -0.05) is 0 Å². The quantitative estimate of drug-likeness (QED) is 0.809. The smallest absolute Gasteiger partial charge is 0.238 e. The third-order valence-corrected chi connectivity index (χ3v) is 6.62. The minimum Gasteiger partial charge on any atom is -0.325 e. The summed E-state index contributed by atoms with van der Waals surface area (Å²) < 4.78 is 23.2. The van der Waals surface area contributed by atoms with Crippen molar-refractivity contribution < 1.29 is 18.0 Å². The highest BCUT2D eigenvalue weighted by Crippen LogP contribution is 2.24. The van der Waals surface area contributed by atoms with Crippen molar-refractivity contribution >= 4 is 33.0 Å². The van der Waals surface area contributed by atoms with Gasteiger partial charge in [0.05, 0.1) is 18.1 Å². The molecule has 25 heavy (non-hydrogen) atoms. The molecule has 2 fully saturated rings. The molecule has 8 heteroatoms. The molecule has 2 amide bonds. The SMILES string of the molecule is CC1(NCC(=O)Nc2ccc(N3CCCC3=O)cc2)CCS(=O)(=O)C1. The van der Waals surface area contributed by atoms with Crippen LogP contribution >= 0.6 is 0 Å². The fourth-order valence-corrected chi connectivity index (χ4v) is 5.42. The predicted molar refractivity (Wildman–Crippen MR) is 96.3 cm³/mol. The summed E-state index contributed by atoms with van der Waals surface area (Å²) in [4.78, 5) is 25.6. The van der Waals surface area contributed by atoms with E-state index in [0.717, 1.165) is 18.7 Å². The monoisotopic (exact) mass is 365 g/mol. The minimum atomic E-state index is -3.00. The van der Waals surface area contributed by atoms with Crippen LogP contribution in [0.5, 0.6) is 0 Å². The van der Waals surface area contributed by atoms with Crippen LogP contribution < -0.4 is 15.5 Å². The van der Waals surface area contributed by atoms with Crippen LogP contribution in [0.4, 0.5) is 11.4 Å². The van der Waals surface area contributed by atoms with Crippen LogP contribution in [0.1, 0.15) is 26.2 Å². The number of nitrogens with one attached hydrogen (secondary N) is 2. The summed E-state index contributed by atoms with van der Waals surface area (Å²) in [5.74, 6) is 0.122. The van der Waals surface area contributed by atoms with Gasteiger partial charge in [-0.3, -0.25) is 9.59 Å². The van der Waals surface area contributed by atoms with Gasteiger partial charge in [0, 0.05) is 29.9 Å². The first-order chi connectivity index (χ1) is 11.8. The molecule has 0 aliphatic carbocycles. The molecular formula is C17H23N3O4S. The van der Waals surface area contributed by atoms with E-state index in [2.05, 4.69) is 10.6 Å². The third-order valence-electron chi connectivity index (χ3n) is 4.72. The van der Waals surface area contributed by atoms with Crippen molar-refractivity contribution in [1.29, 1.82) is 0 Å². The van der Waals surface area contributed by atoms with Crippen LogP contribution in [0.2, 0.25) is 0 Å². The highest BCUT2D eigenvalue weighted by Gasteiger charge is 2.38. The lowest BCUT2D eigenvalue weighted by atomic mass is 10.0. The Bertz CT molecular complexity index is 776. The van der Waals surface area contributed by atoms with Crippen LogP contribution in [-0.2, 0) is 19.4 Å². The zero-order valence-corrected chi connectivity index (χ0v) is 15.1. The second-order valence-electron chi connectivity index (χ2n) is 7.00. The summed E-state index contributed by atoms with van der Waals surface area (Å²) in [5, 5.41) is 5.83. The largest absolute Gasteiger partial charge is 0.325 e.